The van der Waals surface area contributed by atoms with Gasteiger partial charge >= 0.3 is 6.01 Å². The second kappa shape index (κ2) is 5.48. The molecule has 0 aliphatic rings. The van der Waals surface area contributed by atoms with Gasteiger partial charge in [0.05, 0.1) is 12.2 Å². The van der Waals surface area contributed by atoms with E-state index < -0.39 is 0 Å². The van der Waals surface area contributed by atoms with Gasteiger partial charge in [0.15, 0.2) is 5.82 Å². The maximum Gasteiger partial charge on any atom is 0.321 e. The lowest BCUT2D eigenvalue weighted by atomic mass is 10.0. The average Bonchev–Trinajstić information content (AvgIpc) is 2.26. The molecule has 0 atom stereocenters. The molecule has 4 nitrogen and oxygen atoms in total. The van der Waals surface area contributed by atoms with Crippen molar-refractivity contribution in [1.29, 1.82) is 0 Å². The predicted molar refractivity (Wildman–Crippen MR) is 70.9 cm³/mol. The Morgan fingerprint density at radius 2 is 1.95 bits per heavy atom. The van der Waals surface area contributed by atoms with Crippen LogP contribution in [0.25, 0.3) is 11.4 Å². The number of hydrogen-bond acceptors (Lipinski definition) is 4. The highest BCUT2D eigenvalue weighted by Crippen LogP contribution is 2.26. The summed E-state index contributed by atoms with van der Waals surface area (Å²) < 4.78 is 19.2. The first-order valence-corrected chi connectivity index (χ1v) is 6.20. The minimum atomic E-state index is -0.387. The minimum Gasteiger partial charge on any atom is -0.464 e. The summed E-state index contributed by atoms with van der Waals surface area (Å²) in [4.78, 5) is 11.9. The monoisotopic (exact) mass is 281 g/mol. The standard InChI is InChI=1S/C13H13ClFN3O/c1-4-19-13-17-11(16-12(14)18-13)10-8(3)5-7(2)6-9(10)15/h5-6H,4H2,1-3H3. The lowest BCUT2D eigenvalue weighted by Gasteiger charge is -2.09. The number of halogens is 2. The Morgan fingerprint density at radius 1 is 1.21 bits per heavy atom. The summed E-state index contributed by atoms with van der Waals surface area (Å²) in [6, 6.07) is 3.38. The van der Waals surface area contributed by atoms with Crippen molar-refractivity contribution in [2.24, 2.45) is 0 Å². The van der Waals surface area contributed by atoms with E-state index in [4.69, 9.17) is 16.3 Å². The zero-order valence-corrected chi connectivity index (χ0v) is 11.6. The van der Waals surface area contributed by atoms with Crippen LogP contribution in [0.1, 0.15) is 18.1 Å². The molecule has 2 aromatic rings. The first-order chi connectivity index (χ1) is 9.01. The number of aromatic nitrogens is 3. The van der Waals surface area contributed by atoms with Gasteiger partial charge in [0.1, 0.15) is 5.82 Å². The number of nitrogens with zero attached hydrogens (tertiary/aromatic N) is 3. The highest BCUT2D eigenvalue weighted by Gasteiger charge is 2.15. The molecule has 1 heterocycles. The molecule has 0 aliphatic carbocycles. The Labute approximate surface area is 115 Å². The van der Waals surface area contributed by atoms with E-state index in [2.05, 4.69) is 15.0 Å². The number of rotatable bonds is 3. The molecule has 0 unspecified atom stereocenters. The van der Waals surface area contributed by atoms with Crippen LogP contribution in [0.3, 0.4) is 0 Å². The van der Waals surface area contributed by atoms with Crippen LogP contribution in [0, 0.1) is 19.7 Å². The first kappa shape index (κ1) is 13.7. The number of hydrogen-bond donors (Lipinski definition) is 0. The molecule has 0 bridgehead atoms. The normalized spacial score (nSPS) is 10.6. The van der Waals surface area contributed by atoms with Crippen molar-refractivity contribution >= 4 is 11.6 Å². The Balaban J connectivity index is 2.58. The van der Waals surface area contributed by atoms with E-state index in [9.17, 15) is 4.39 Å². The van der Waals surface area contributed by atoms with Crippen molar-refractivity contribution < 1.29 is 9.13 Å². The van der Waals surface area contributed by atoms with E-state index in [0.717, 1.165) is 11.1 Å². The van der Waals surface area contributed by atoms with Crippen LogP contribution in [-0.2, 0) is 0 Å². The van der Waals surface area contributed by atoms with Gasteiger partial charge in [0, 0.05) is 0 Å². The molecule has 0 aliphatic heterocycles. The van der Waals surface area contributed by atoms with Gasteiger partial charge in [-0.05, 0) is 49.6 Å². The van der Waals surface area contributed by atoms with Gasteiger partial charge < -0.3 is 4.74 Å². The van der Waals surface area contributed by atoms with Crippen LogP contribution < -0.4 is 4.74 Å². The Morgan fingerprint density at radius 3 is 2.58 bits per heavy atom. The third-order valence-corrected chi connectivity index (χ3v) is 2.69. The summed E-state index contributed by atoms with van der Waals surface area (Å²) in [5.74, 6) is -0.208. The number of benzene rings is 1. The van der Waals surface area contributed by atoms with E-state index in [1.165, 1.54) is 6.07 Å². The molecule has 0 saturated carbocycles. The topological polar surface area (TPSA) is 47.9 Å². The van der Waals surface area contributed by atoms with Gasteiger partial charge in [-0.3, -0.25) is 0 Å². The Bertz CT molecular complexity index is 596. The largest absolute Gasteiger partial charge is 0.464 e. The third-order valence-electron chi connectivity index (χ3n) is 2.52. The summed E-state index contributed by atoms with van der Waals surface area (Å²) in [5, 5.41) is -0.0205. The molecule has 0 spiro atoms. The first-order valence-electron chi connectivity index (χ1n) is 5.82. The molecule has 1 aromatic heterocycles. The van der Waals surface area contributed by atoms with Gasteiger partial charge in [0.25, 0.3) is 0 Å². The van der Waals surface area contributed by atoms with Crippen molar-refractivity contribution in [3.63, 3.8) is 0 Å². The van der Waals surface area contributed by atoms with Crippen molar-refractivity contribution in [3.05, 3.63) is 34.4 Å². The third kappa shape index (κ3) is 2.98. The van der Waals surface area contributed by atoms with Crippen molar-refractivity contribution in [2.75, 3.05) is 6.61 Å². The molecular formula is C13H13ClFN3O. The lowest BCUT2D eigenvalue weighted by Crippen LogP contribution is -2.03. The molecule has 100 valence electrons. The SMILES string of the molecule is CCOc1nc(Cl)nc(-c2c(C)cc(C)cc2F)n1. The Kier molecular flexibility index (Phi) is 3.95. The summed E-state index contributed by atoms with van der Waals surface area (Å²) in [6.07, 6.45) is 0. The maximum absolute atomic E-state index is 14.1. The zero-order valence-electron chi connectivity index (χ0n) is 10.9. The fraction of sp³-hybridized carbons (Fsp3) is 0.308. The van der Waals surface area contributed by atoms with Gasteiger partial charge in [-0.25, -0.2) is 4.39 Å². The molecule has 19 heavy (non-hydrogen) atoms. The molecule has 0 amide bonds. The molecule has 2 rings (SSSR count). The highest BCUT2D eigenvalue weighted by atomic mass is 35.5. The lowest BCUT2D eigenvalue weighted by molar-refractivity contribution is 0.312. The maximum atomic E-state index is 14.1. The quantitative estimate of drug-likeness (QED) is 0.866. The fourth-order valence-electron chi connectivity index (χ4n) is 1.84. The van der Waals surface area contributed by atoms with Crippen molar-refractivity contribution in [3.8, 4) is 17.4 Å². The van der Waals surface area contributed by atoms with Gasteiger partial charge in [-0.15, -0.1) is 0 Å². The van der Waals surface area contributed by atoms with Crippen LogP contribution in [0.15, 0.2) is 12.1 Å². The summed E-state index contributed by atoms with van der Waals surface area (Å²) >= 11 is 5.81. The molecule has 0 N–H and O–H groups in total. The zero-order chi connectivity index (χ0) is 14.0. The molecule has 0 radical (unpaired) electrons. The smallest absolute Gasteiger partial charge is 0.321 e. The van der Waals surface area contributed by atoms with E-state index >= 15 is 0 Å². The van der Waals surface area contributed by atoms with Gasteiger partial charge in [-0.1, -0.05) is 6.07 Å². The van der Waals surface area contributed by atoms with E-state index in [1.807, 2.05) is 13.0 Å². The summed E-state index contributed by atoms with van der Waals surface area (Å²) in [5.41, 5.74) is 1.89. The van der Waals surface area contributed by atoms with Crippen LogP contribution in [0.2, 0.25) is 5.28 Å². The van der Waals surface area contributed by atoms with Crippen molar-refractivity contribution in [2.45, 2.75) is 20.8 Å². The van der Waals surface area contributed by atoms with Crippen LogP contribution >= 0.6 is 11.6 Å². The second-order valence-electron chi connectivity index (χ2n) is 4.08. The highest BCUT2D eigenvalue weighted by molar-refractivity contribution is 6.28. The van der Waals surface area contributed by atoms with E-state index in [-0.39, 0.29) is 22.9 Å². The molecule has 1 aromatic carbocycles. The summed E-state index contributed by atoms with van der Waals surface area (Å²) in [7, 11) is 0. The van der Waals surface area contributed by atoms with Crippen LogP contribution in [0.5, 0.6) is 6.01 Å². The van der Waals surface area contributed by atoms with E-state index in [0.29, 0.717) is 12.2 Å². The fourth-order valence-corrected chi connectivity index (χ4v) is 1.99. The molecular weight excluding hydrogens is 269 g/mol. The molecule has 0 saturated heterocycles. The number of ether oxygens (including phenoxy) is 1. The Hall–Kier alpha value is -1.75. The minimum absolute atomic E-state index is 0.0205. The summed E-state index contributed by atoms with van der Waals surface area (Å²) in [6.45, 7) is 5.82. The molecule has 6 heteroatoms. The van der Waals surface area contributed by atoms with Gasteiger partial charge in [0.2, 0.25) is 5.28 Å². The second-order valence-corrected chi connectivity index (χ2v) is 4.42. The van der Waals surface area contributed by atoms with Crippen LogP contribution in [0.4, 0.5) is 4.39 Å². The molecule has 0 fully saturated rings. The van der Waals surface area contributed by atoms with Crippen LogP contribution in [-0.4, -0.2) is 21.6 Å². The van der Waals surface area contributed by atoms with E-state index in [1.54, 1.807) is 13.8 Å². The van der Waals surface area contributed by atoms with Gasteiger partial charge in [-0.2, -0.15) is 15.0 Å². The average molecular weight is 282 g/mol. The number of aryl methyl sites for hydroxylation is 2. The van der Waals surface area contributed by atoms with Crippen molar-refractivity contribution in [1.82, 2.24) is 15.0 Å². The predicted octanol–water partition coefficient (Wildman–Crippen LogP) is 3.35.